The minimum absolute atomic E-state index is 0.00940. The maximum Gasteiger partial charge on any atom is 0.262 e. The van der Waals surface area contributed by atoms with E-state index in [-0.39, 0.29) is 16.4 Å². The maximum absolute atomic E-state index is 14.8. The highest BCUT2D eigenvalue weighted by Gasteiger charge is 2.40. The third kappa shape index (κ3) is 7.50. The number of rotatable bonds is 12. The molecule has 0 radical (unpaired) electrons. The topological polar surface area (TPSA) is 88.2 Å². The standard InChI is InChI=1S/C43H39N3O5S/c1-3-50-37-24-20-36(21-25-37)46-42(34-16-22-38(23-17-34)51-30-33-12-8-5-9-13-33)45(29-32-10-6-4-7-11-32)41-27-26-39(28-40(41)43(46)47)52(48,49)44-35-18-14-31(2)15-19-35/h4-28,42,44H,3,29-30H2,1-2H3/t42-/m0/s1. The predicted molar refractivity (Wildman–Crippen MR) is 205 cm³/mol. The van der Waals surface area contributed by atoms with Crippen molar-refractivity contribution in [3.8, 4) is 11.5 Å². The molecule has 1 aliphatic rings. The number of carbonyl (C=O) groups is 1. The first-order valence-corrected chi connectivity index (χ1v) is 18.6. The van der Waals surface area contributed by atoms with Gasteiger partial charge in [0.2, 0.25) is 0 Å². The molecule has 0 saturated heterocycles. The van der Waals surface area contributed by atoms with Crippen LogP contribution in [0, 0.1) is 6.92 Å². The molecule has 6 aromatic rings. The van der Waals surface area contributed by atoms with Crippen LogP contribution in [0.25, 0.3) is 0 Å². The van der Waals surface area contributed by atoms with Crippen molar-refractivity contribution in [2.45, 2.75) is 38.1 Å². The van der Waals surface area contributed by atoms with Crippen molar-refractivity contribution in [1.29, 1.82) is 0 Å². The summed E-state index contributed by atoms with van der Waals surface area (Å²) in [6, 6.07) is 47.1. The summed E-state index contributed by atoms with van der Waals surface area (Å²) < 4.78 is 41.9. The van der Waals surface area contributed by atoms with Crippen LogP contribution in [-0.2, 0) is 23.2 Å². The Balaban J connectivity index is 1.32. The van der Waals surface area contributed by atoms with Crippen LogP contribution in [0.1, 0.15) is 45.7 Å². The molecule has 0 unspecified atom stereocenters. The van der Waals surface area contributed by atoms with Gasteiger partial charge in [0.15, 0.2) is 0 Å². The van der Waals surface area contributed by atoms with Crippen LogP contribution in [0.2, 0.25) is 0 Å². The molecule has 6 aromatic carbocycles. The lowest BCUT2D eigenvalue weighted by Crippen LogP contribution is -2.49. The monoisotopic (exact) mass is 709 g/mol. The Labute approximate surface area is 304 Å². The van der Waals surface area contributed by atoms with Gasteiger partial charge < -0.3 is 14.4 Å². The number of hydrogen-bond donors (Lipinski definition) is 1. The molecule has 262 valence electrons. The first kappa shape index (κ1) is 34.4. The lowest BCUT2D eigenvalue weighted by atomic mass is 9.99. The van der Waals surface area contributed by atoms with Crippen LogP contribution < -0.4 is 24.0 Å². The highest BCUT2D eigenvalue weighted by Crippen LogP contribution is 2.44. The van der Waals surface area contributed by atoms with Crippen molar-refractivity contribution < 1.29 is 22.7 Å². The lowest BCUT2D eigenvalue weighted by Gasteiger charge is -2.46. The maximum atomic E-state index is 14.8. The van der Waals surface area contributed by atoms with Crippen LogP contribution >= 0.6 is 0 Å². The molecule has 7 rings (SSSR count). The molecular formula is C43H39N3O5S. The van der Waals surface area contributed by atoms with Crippen molar-refractivity contribution in [3.63, 3.8) is 0 Å². The fraction of sp³-hybridized carbons (Fsp3) is 0.140. The van der Waals surface area contributed by atoms with Crippen LogP contribution in [0.3, 0.4) is 0 Å². The molecule has 0 saturated carbocycles. The molecule has 1 aliphatic heterocycles. The van der Waals surface area contributed by atoms with Gasteiger partial charge in [-0.05, 0) is 97.3 Å². The van der Waals surface area contributed by atoms with E-state index in [4.69, 9.17) is 9.47 Å². The molecule has 0 aliphatic carbocycles. The van der Waals surface area contributed by atoms with E-state index in [9.17, 15) is 13.2 Å². The van der Waals surface area contributed by atoms with Gasteiger partial charge in [-0.25, -0.2) is 8.42 Å². The summed E-state index contributed by atoms with van der Waals surface area (Å²) in [6.45, 7) is 5.24. The second-order valence-corrected chi connectivity index (χ2v) is 14.3. The fourth-order valence-electron chi connectivity index (χ4n) is 6.34. The first-order chi connectivity index (χ1) is 25.3. The Morgan fingerprint density at radius 1 is 0.692 bits per heavy atom. The quantitative estimate of drug-likeness (QED) is 0.136. The molecule has 1 amide bonds. The van der Waals surface area contributed by atoms with Crippen LogP contribution in [0.15, 0.2) is 157 Å². The summed E-state index contributed by atoms with van der Waals surface area (Å²) >= 11 is 0. The molecule has 1 atom stereocenters. The molecular weight excluding hydrogens is 671 g/mol. The highest BCUT2D eigenvalue weighted by atomic mass is 32.2. The number of anilines is 3. The van der Waals surface area contributed by atoms with Gasteiger partial charge in [0.05, 0.1) is 22.8 Å². The van der Waals surface area contributed by atoms with Gasteiger partial charge in [-0.1, -0.05) is 90.5 Å². The number of benzene rings is 6. The van der Waals surface area contributed by atoms with E-state index in [1.165, 1.54) is 6.07 Å². The Kier molecular flexibility index (Phi) is 9.95. The predicted octanol–water partition coefficient (Wildman–Crippen LogP) is 9.14. The van der Waals surface area contributed by atoms with Gasteiger partial charge in [-0.15, -0.1) is 0 Å². The normalized spacial score (nSPS) is 14.1. The number of ether oxygens (including phenoxy) is 2. The first-order valence-electron chi connectivity index (χ1n) is 17.2. The molecule has 9 heteroatoms. The second-order valence-electron chi connectivity index (χ2n) is 12.6. The molecule has 1 N–H and O–H groups in total. The van der Waals surface area contributed by atoms with E-state index in [1.54, 1.807) is 29.2 Å². The van der Waals surface area contributed by atoms with E-state index in [2.05, 4.69) is 9.62 Å². The number of nitrogens with zero attached hydrogens (tertiary/aromatic N) is 2. The SMILES string of the molecule is CCOc1ccc(N2C(=O)c3cc(S(=O)(=O)Nc4ccc(C)cc4)ccc3N(Cc3ccccc3)[C@@H]2c2ccc(OCc3ccccc3)cc2)cc1. The van der Waals surface area contributed by atoms with Crippen molar-refractivity contribution in [2.24, 2.45) is 0 Å². The van der Waals surface area contributed by atoms with Gasteiger partial charge in [-0.3, -0.25) is 14.4 Å². The van der Waals surface area contributed by atoms with E-state index < -0.39 is 16.2 Å². The number of amides is 1. The van der Waals surface area contributed by atoms with E-state index in [0.29, 0.717) is 48.3 Å². The fourth-order valence-corrected chi connectivity index (χ4v) is 7.42. The van der Waals surface area contributed by atoms with Crippen LogP contribution in [0.5, 0.6) is 11.5 Å². The average molecular weight is 710 g/mol. The Bertz CT molecular complexity index is 2250. The van der Waals surface area contributed by atoms with Crippen LogP contribution in [-0.4, -0.2) is 20.9 Å². The molecule has 52 heavy (non-hydrogen) atoms. The molecule has 0 fully saturated rings. The summed E-state index contributed by atoms with van der Waals surface area (Å²) in [4.78, 5) is 18.7. The van der Waals surface area contributed by atoms with Gasteiger partial charge in [0.1, 0.15) is 24.3 Å². The number of hydrogen-bond acceptors (Lipinski definition) is 6. The van der Waals surface area contributed by atoms with Gasteiger partial charge in [0, 0.05) is 17.9 Å². The number of nitrogens with one attached hydrogen (secondary N) is 1. The Hall–Kier alpha value is -6.06. The van der Waals surface area contributed by atoms with Crippen molar-refractivity contribution >= 4 is 33.0 Å². The summed E-state index contributed by atoms with van der Waals surface area (Å²) in [5.41, 5.74) is 5.93. The largest absolute Gasteiger partial charge is 0.494 e. The Morgan fingerprint density at radius 3 is 1.96 bits per heavy atom. The zero-order chi connectivity index (χ0) is 36.1. The number of aryl methyl sites for hydroxylation is 1. The van der Waals surface area contributed by atoms with E-state index in [0.717, 1.165) is 22.3 Å². The van der Waals surface area contributed by atoms with Gasteiger partial charge in [-0.2, -0.15) is 0 Å². The summed E-state index contributed by atoms with van der Waals surface area (Å²) in [6.07, 6.45) is -0.588. The van der Waals surface area contributed by atoms with Crippen molar-refractivity contribution in [1.82, 2.24) is 0 Å². The molecule has 8 nitrogen and oxygen atoms in total. The number of fused-ring (bicyclic) bond motifs is 1. The zero-order valence-electron chi connectivity index (χ0n) is 29.0. The third-order valence-electron chi connectivity index (χ3n) is 8.93. The third-order valence-corrected chi connectivity index (χ3v) is 10.3. The minimum Gasteiger partial charge on any atom is -0.494 e. The Morgan fingerprint density at radius 2 is 1.31 bits per heavy atom. The number of sulfonamides is 1. The van der Waals surface area contributed by atoms with E-state index >= 15 is 0 Å². The molecule has 0 aromatic heterocycles. The molecule has 1 heterocycles. The number of carbonyl (C=O) groups excluding carboxylic acids is 1. The minimum atomic E-state index is -4.02. The highest BCUT2D eigenvalue weighted by molar-refractivity contribution is 7.92. The van der Waals surface area contributed by atoms with Crippen LogP contribution in [0.4, 0.5) is 17.1 Å². The molecule has 0 spiro atoms. The summed E-state index contributed by atoms with van der Waals surface area (Å²) in [7, 11) is -4.02. The van der Waals surface area contributed by atoms with Gasteiger partial charge in [0.25, 0.3) is 15.9 Å². The zero-order valence-corrected chi connectivity index (χ0v) is 29.8. The van der Waals surface area contributed by atoms with Gasteiger partial charge >= 0.3 is 0 Å². The smallest absolute Gasteiger partial charge is 0.262 e. The summed E-state index contributed by atoms with van der Waals surface area (Å²) in [5, 5.41) is 0. The molecule has 0 bridgehead atoms. The average Bonchev–Trinajstić information content (AvgIpc) is 3.17. The van der Waals surface area contributed by atoms with Crippen molar-refractivity contribution in [3.05, 3.63) is 179 Å². The second kappa shape index (κ2) is 15.0. The van der Waals surface area contributed by atoms with Crippen molar-refractivity contribution in [2.75, 3.05) is 21.1 Å². The lowest BCUT2D eigenvalue weighted by molar-refractivity contribution is 0.0968. The summed E-state index contributed by atoms with van der Waals surface area (Å²) in [5.74, 6) is 1.06. The van der Waals surface area contributed by atoms with E-state index in [1.807, 2.05) is 135 Å².